The van der Waals surface area contributed by atoms with E-state index in [1.165, 1.54) is 6.42 Å². The number of nitriles is 1. The summed E-state index contributed by atoms with van der Waals surface area (Å²) in [4.78, 5) is 24.8. The van der Waals surface area contributed by atoms with Crippen LogP contribution >= 0.6 is 0 Å². The van der Waals surface area contributed by atoms with Gasteiger partial charge in [0.15, 0.2) is 11.7 Å². The van der Waals surface area contributed by atoms with Crippen LogP contribution in [-0.2, 0) is 4.79 Å². The maximum Gasteiger partial charge on any atom is 0.244 e. The molecule has 0 saturated carbocycles. The lowest BCUT2D eigenvalue weighted by atomic mass is 10.0. The molecule has 30 heavy (non-hydrogen) atoms. The fraction of sp³-hybridized carbons (Fsp3) is 0.333. The SMILES string of the molecule is C[C@@H](NC(=O)[C@@H](C#N)c1nc2ccccc2nc1N1CCCCC1)c1ccccc1. The average Bonchev–Trinajstić information content (AvgIpc) is 2.80. The van der Waals surface area contributed by atoms with Gasteiger partial charge in [0.1, 0.15) is 5.69 Å². The molecule has 2 atom stereocenters. The Balaban J connectivity index is 1.69. The molecule has 0 aliphatic carbocycles. The van der Waals surface area contributed by atoms with Crippen LogP contribution < -0.4 is 10.2 Å². The van der Waals surface area contributed by atoms with Gasteiger partial charge in [-0.15, -0.1) is 0 Å². The number of aromatic nitrogens is 2. The zero-order valence-electron chi connectivity index (χ0n) is 17.1. The van der Waals surface area contributed by atoms with Crippen LogP contribution in [0.15, 0.2) is 54.6 Å². The van der Waals surface area contributed by atoms with Crippen LogP contribution in [0.5, 0.6) is 0 Å². The topological polar surface area (TPSA) is 81.9 Å². The highest BCUT2D eigenvalue weighted by atomic mass is 16.1. The zero-order chi connectivity index (χ0) is 20.9. The van der Waals surface area contributed by atoms with Crippen molar-refractivity contribution in [2.45, 2.75) is 38.1 Å². The Kier molecular flexibility index (Phi) is 5.89. The van der Waals surface area contributed by atoms with Crippen molar-refractivity contribution in [3.05, 3.63) is 65.9 Å². The van der Waals surface area contributed by atoms with Crippen LogP contribution in [0.2, 0.25) is 0 Å². The number of carbonyl (C=O) groups is 1. The third-order valence-corrected chi connectivity index (χ3v) is 5.56. The number of rotatable bonds is 5. The number of carbonyl (C=O) groups excluding carboxylic acids is 1. The summed E-state index contributed by atoms with van der Waals surface area (Å²) < 4.78 is 0. The van der Waals surface area contributed by atoms with Gasteiger partial charge in [-0.05, 0) is 43.9 Å². The standard InChI is InChI=1S/C24H25N5O/c1-17(18-10-4-2-5-11-18)26-24(30)19(16-25)22-23(29-14-8-3-9-15-29)28-21-13-7-6-12-20(21)27-22/h2,4-7,10-13,17,19H,3,8-9,14-15H2,1H3,(H,26,30)/t17-,19+/m1/s1. The molecule has 0 bridgehead atoms. The summed E-state index contributed by atoms with van der Waals surface area (Å²) in [6.07, 6.45) is 3.33. The smallest absolute Gasteiger partial charge is 0.244 e. The maximum atomic E-state index is 13.1. The first-order valence-corrected chi connectivity index (χ1v) is 10.4. The van der Waals surface area contributed by atoms with E-state index in [4.69, 9.17) is 9.97 Å². The van der Waals surface area contributed by atoms with Gasteiger partial charge in [-0.1, -0.05) is 42.5 Å². The first kappa shape index (κ1) is 19.8. The highest BCUT2D eigenvalue weighted by Gasteiger charge is 2.30. The molecule has 6 nitrogen and oxygen atoms in total. The molecular formula is C24H25N5O. The first-order chi connectivity index (χ1) is 14.7. The van der Waals surface area contributed by atoms with Crippen LogP contribution in [0, 0.1) is 11.3 Å². The molecule has 1 fully saturated rings. The second-order valence-corrected chi connectivity index (χ2v) is 7.67. The third-order valence-electron chi connectivity index (χ3n) is 5.56. The van der Waals surface area contributed by atoms with Crippen molar-refractivity contribution in [1.29, 1.82) is 5.26 Å². The summed E-state index contributed by atoms with van der Waals surface area (Å²) in [5, 5.41) is 12.9. The Hall–Kier alpha value is -3.46. The molecule has 1 aliphatic rings. The number of para-hydroxylation sites is 2. The molecule has 2 aromatic carbocycles. The highest BCUT2D eigenvalue weighted by molar-refractivity contribution is 5.89. The lowest BCUT2D eigenvalue weighted by Crippen LogP contribution is -2.35. The number of amides is 1. The second kappa shape index (κ2) is 8.91. The van der Waals surface area contributed by atoms with E-state index in [1.807, 2.05) is 61.5 Å². The summed E-state index contributed by atoms with van der Waals surface area (Å²) in [7, 11) is 0. The molecule has 1 amide bonds. The van der Waals surface area contributed by atoms with Gasteiger partial charge in [-0.25, -0.2) is 9.97 Å². The van der Waals surface area contributed by atoms with Gasteiger partial charge in [0.25, 0.3) is 0 Å². The molecule has 6 heteroatoms. The molecule has 1 saturated heterocycles. The van der Waals surface area contributed by atoms with Crippen molar-refractivity contribution in [2.24, 2.45) is 0 Å². The average molecular weight is 399 g/mol. The molecule has 1 aliphatic heterocycles. The van der Waals surface area contributed by atoms with Gasteiger partial charge in [0.05, 0.1) is 23.1 Å². The molecule has 0 spiro atoms. The fourth-order valence-corrected chi connectivity index (χ4v) is 3.90. The van der Waals surface area contributed by atoms with Crippen LogP contribution in [0.25, 0.3) is 11.0 Å². The van der Waals surface area contributed by atoms with Crippen LogP contribution in [0.4, 0.5) is 5.82 Å². The van der Waals surface area contributed by atoms with Crippen molar-refractivity contribution < 1.29 is 4.79 Å². The summed E-state index contributed by atoms with van der Waals surface area (Å²) in [6.45, 7) is 3.64. The van der Waals surface area contributed by atoms with Crippen molar-refractivity contribution in [3.63, 3.8) is 0 Å². The van der Waals surface area contributed by atoms with Gasteiger partial charge >= 0.3 is 0 Å². The van der Waals surface area contributed by atoms with E-state index in [-0.39, 0.29) is 11.9 Å². The van der Waals surface area contributed by atoms with E-state index >= 15 is 0 Å². The van der Waals surface area contributed by atoms with Gasteiger partial charge in [-0.3, -0.25) is 4.79 Å². The van der Waals surface area contributed by atoms with Gasteiger partial charge in [-0.2, -0.15) is 5.26 Å². The van der Waals surface area contributed by atoms with Crippen molar-refractivity contribution in [2.75, 3.05) is 18.0 Å². The maximum absolute atomic E-state index is 13.1. The third kappa shape index (κ3) is 4.11. The highest BCUT2D eigenvalue weighted by Crippen LogP contribution is 2.29. The predicted molar refractivity (Wildman–Crippen MR) is 117 cm³/mol. The van der Waals surface area contributed by atoms with Crippen molar-refractivity contribution >= 4 is 22.8 Å². The summed E-state index contributed by atoms with van der Waals surface area (Å²) >= 11 is 0. The Bertz CT molecular complexity index is 1070. The second-order valence-electron chi connectivity index (χ2n) is 7.67. The van der Waals surface area contributed by atoms with Crippen molar-refractivity contribution in [3.8, 4) is 6.07 Å². The molecule has 0 unspecified atom stereocenters. The molecule has 0 radical (unpaired) electrons. The van der Waals surface area contributed by atoms with Crippen LogP contribution in [-0.4, -0.2) is 29.0 Å². The molecule has 1 aromatic heterocycles. The lowest BCUT2D eigenvalue weighted by Gasteiger charge is -2.30. The van der Waals surface area contributed by atoms with E-state index in [0.29, 0.717) is 17.0 Å². The number of hydrogen-bond acceptors (Lipinski definition) is 5. The minimum atomic E-state index is -1.02. The van der Waals surface area contributed by atoms with E-state index in [1.54, 1.807) is 0 Å². The fourth-order valence-electron chi connectivity index (χ4n) is 3.90. The molecule has 4 rings (SSSR count). The van der Waals surface area contributed by atoms with Crippen LogP contribution in [0.1, 0.15) is 49.4 Å². The van der Waals surface area contributed by atoms with Gasteiger partial charge in [0.2, 0.25) is 5.91 Å². The molecule has 2 heterocycles. The number of nitrogens with zero attached hydrogens (tertiary/aromatic N) is 4. The zero-order valence-corrected chi connectivity index (χ0v) is 17.1. The number of hydrogen-bond donors (Lipinski definition) is 1. The van der Waals surface area contributed by atoms with E-state index < -0.39 is 5.92 Å². The minimum absolute atomic E-state index is 0.207. The largest absolute Gasteiger partial charge is 0.355 e. The Morgan fingerprint density at radius 2 is 1.63 bits per heavy atom. The summed E-state index contributed by atoms with van der Waals surface area (Å²) in [6, 6.07) is 19.3. The molecular weight excluding hydrogens is 374 g/mol. The molecule has 3 aromatic rings. The molecule has 1 N–H and O–H groups in total. The normalized spacial score (nSPS) is 15.9. The number of piperidine rings is 1. The molecule has 152 valence electrons. The number of benzene rings is 2. The van der Waals surface area contributed by atoms with Crippen LogP contribution in [0.3, 0.4) is 0 Å². The summed E-state index contributed by atoms with van der Waals surface area (Å²) in [5.74, 6) is -0.718. The quantitative estimate of drug-likeness (QED) is 0.698. The van der Waals surface area contributed by atoms with Gasteiger partial charge in [0, 0.05) is 13.1 Å². The number of nitrogens with one attached hydrogen (secondary N) is 1. The predicted octanol–water partition coefficient (Wildman–Crippen LogP) is 4.10. The Morgan fingerprint density at radius 3 is 2.30 bits per heavy atom. The van der Waals surface area contributed by atoms with E-state index in [0.717, 1.165) is 37.0 Å². The number of fused-ring (bicyclic) bond motifs is 1. The summed E-state index contributed by atoms with van der Waals surface area (Å²) in [5.41, 5.74) is 2.90. The van der Waals surface area contributed by atoms with E-state index in [2.05, 4.69) is 16.3 Å². The Morgan fingerprint density at radius 1 is 1.00 bits per heavy atom. The minimum Gasteiger partial charge on any atom is -0.355 e. The monoisotopic (exact) mass is 399 g/mol. The number of anilines is 1. The first-order valence-electron chi connectivity index (χ1n) is 10.4. The lowest BCUT2D eigenvalue weighted by molar-refractivity contribution is -0.122. The van der Waals surface area contributed by atoms with Crippen molar-refractivity contribution in [1.82, 2.24) is 15.3 Å². The van der Waals surface area contributed by atoms with Gasteiger partial charge < -0.3 is 10.2 Å². The Labute approximate surface area is 176 Å². The van der Waals surface area contributed by atoms with E-state index in [9.17, 15) is 10.1 Å².